The van der Waals surface area contributed by atoms with E-state index < -0.39 is 0 Å². The standard InChI is InChI=1S/C20H19Cl3N4O2S/c1-3-27-19(12(2)29-17-7-5-4-6-15(17)23)25-26-20(27)30-11-18(28)24-16-10-13(21)8-9-14(16)22/h4-10,12H,3,11H2,1-2H3,(H,24,28). The van der Waals surface area contributed by atoms with Gasteiger partial charge in [0.1, 0.15) is 5.75 Å². The Balaban J connectivity index is 1.66. The van der Waals surface area contributed by atoms with E-state index >= 15 is 0 Å². The molecule has 0 bridgehead atoms. The molecule has 2 aromatic carbocycles. The summed E-state index contributed by atoms with van der Waals surface area (Å²) in [6.45, 7) is 4.48. The number of thioether (sulfide) groups is 1. The lowest BCUT2D eigenvalue weighted by Crippen LogP contribution is -2.15. The fraction of sp³-hybridized carbons (Fsp3) is 0.250. The highest BCUT2D eigenvalue weighted by atomic mass is 35.5. The van der Waals surface area contributed by atoms with E-state index in [1.54, 1.807) is 30.3 Å². The number of hydrogen-bond donors (Lipinski definition) is 1. The molecule has 0 radical (unpaired) electrons. The van der Waals surface area contributed by atoms with Crippen molar-refractivity contribution in [1.82, 2.24) is 14.8 Å². The van der Waals surface area contributed by atoms with Crippen molar-refractivity contribution < 1.29 is 9.53 Å². The van der Waals surface area contributed by atoms with Gasteiger partial charge in [0.25, 0.3) is 0 Å². The maximum absolute atomic E-state index is 12.3. The first kappa shape index (κ1) is 22.7. The van der Waals surface area contributed by atoms with Crippen LogP contribution in [-0.4, -0.2) is 26.4 Å². The zero-order chi connectivity index (χ0) is 21.7. The number of hydrogen-bond acceptors (Lipinski definition) is 5. The minimum absolute atomic E-state index is 0.140. The molecule has 0 saturated heterocycles. The molecule has 0 aliphatic carbocycles. The largest absolute Gasteiger partial charge is 0.481 e. The molecule has 30 heavy (non-hydrogen) atoms. The van der Waals surface area contributed by atoms with Crippen LogP contribution in [0.3, 0.4) is 0 Å². The normalized spacial score (nSPS) is 11.9. The lowest BCUT2D eigenvalue weighted by Gasteiger charge is -2.16. The monoisotopic (exact) mass is 484 g/mol. The summed E-state index contributed by atoms with van der Waals surface area (Å²) in [6.07, 6.45) is -0.370. The second-order valence-electron chi connectivity index (χ2n) is 6.24. The van der Waals surface area contributed by atoms with Gasteiger partial charge in [0.2, 0.25) is 5.91 Å². The van der Waals surface area contributed by atoms with Crippen LogP contribution in [0.2, 0.25) is 15.1 Å². The van der Waals surface area contributed by atoms with Gasteiger partial charge in [-0.05, 0) is 44.2 Å². The maximum Gasteiger partial charge on any atom is 0.234 e. The number of carbonyl (C=O) groups is 1. The lowest BCUT2D eigenvalue weighted by molar-refractivity contribution is -0.113. The second-order valence-corrected chi connectivity index (χ2v) is 8.43. The third-order valence-electron chi connectivity index (χ3n) is 4.10. The van der Waals surface area contributed by atoms with Crippen LogP contribution < -0.4 is 10.1 Å². The van der Waals surface area contributed by atoms with Crippen LogP contribution in [0.15, 0.2) is 47.6 Å². The van der Waals surface area contributed by atoms with Crippen molar-refractivity contribution in [1.29, 1.82) is 0 Å². The van der Waals surface area contributed by atoms with Gasteiger partial charge in [-0.3, -0.25) is 4.79 Å². The Kier molecular flexibility index (Phi) is 7.88. The van der Waals surface area contributed by atoms with Crippen LogP contribution >= 0.6 is 46.6 Å². The van der Waals surface area contributed by atoms with Crippen molar-refractivity contribution in [3.63, 3.8) is 0 Å². The van der Waals surface area contributed by atoms with Gasteiger partial charge in [0.15, 0.2) is 17.1 Å². The molecule has 1 aromatic heterocycles. The Morgan fingerprint density at radius 1 is 1.17 bits per heavy atom. The fourth-order valence-electron chi connectivity index (χ4n) is 2.70. The van der Waals surface area contributed by atoms with Crippen molar-refractivity contribution in [2.24, 2.45) is 0 Å². The van der Waals surface area contributed by atoms with Crippen LogP contribution in [0, 0.1) is 0 Å². The smallest absolute Gasteiger partial charge is 0.234 e. The number of carbonyl (C=O) groups excluding carboxylic acids is 1. The highest BCUT2D eigenvalue weighted by Crippen LogP contribution is 2.30. The Hall–Kier alpha value is -1.93. The highest BCUT2D eigenvalue weighted by molar-refractivity contribution is 7.99. The maximum atomic E-state index is 12.3. The van der Waals surface area contributed by atoms with Crippen LogP contribution in [0.25, 0.3) is 0 Å². The first-order valence-electron chi connectivity index (χ1n) is 9.11. The summed E-state index contributed by atoms with van der Waals surface area (Å²) >= 11 is 19.5. The highest BCUT2D eigenvalue weighted by Gasteiger charge is 2.20. The molecule has 0 aliphatic heterocycles. The molecule has 10 heteroatoms. The van der Waals surface area contributed by atoms with Crippen molar-refractivity contribution >= 4 is 58.2 Å². The minimum atomic E-state index is -0.370. The van der Waals surface area contributed by atoms with Crippen LogP contribution in [0.1, 0.15) is 25.8 Å². The summed E-state index contributed by atoms with van der Waals surface area (Å²) in [7, 11) is 0. The molecule has 3 aromatic rings. The zero-order valence-corrected chi connectivity index (χ0v) is 19.3. The number of halogens is 3. The van der Waals surface area contributed by atoms with E-state index in [9.17, 15) is 4.79 Å². The lowest BCUT2D eigenvalue weighted by atomic mass is 10.3. The van der Waals surface area contributed by atoms with E-state index in [1.165, 1.54) is 11.8 Å². The second kappa shape index (κ2) is 10.4. The van der Waals surface area contributed by atoms with Gasteiger partial charge in [-0.25, -0.2) is 0 Å². The van der Waals surface area contributed by atoms with Crippen molar-refractivity contribution in [3.8, 4) is 5.75 Å². The van der Waals surface area contributed by atoms with Crippen molar-refractivity contribution in [2.75, 3.05) is 11.1 Å². The third kappa shape index (κ3) is 5.60. The zero-order valence-electron chi connectivity index (χ0n) is 16.2. The van der Waals surface area contributed by atoms with E-state index in [4.69, 9.17) is 39.5 Å². The molecule has 6 nitrogen and oxygen atoms in total. The average Bonchev–Trinajstić information content (AvgIpc) is 3.14. The number of aromatic nitrogens is 3. The molecular weight excluding hydrogens is 467 g/mol. The summed E-state index contributed by atoms with van der Waals surface area (Å²) in [4.78, 5) is 12.3. The number of para-hydroxylation sites is 1. The third-order valence-corrected chi connectivity index (χ3v) is 5.94. The van der Waals surface area contributed by atoms with E-state index in [2.05, 4.69) is 15.5 Å². The summed E-state index contributed by atoms with van der Waals surface area (Å²) < 4.78 is 7.85. The number of nitrogens with zero attached hydrogens (tertiary/aromatic N) is 3. The molecule has 1 atom stereocenters. The molecule has 0 fully saturated rings. The molecule has 1 amide bonds. The van der Waals surface area contributed by atoms with Gasteiger partial charge in [0.05, 0.1) is 21.5 Å². The predicted molar refractivity (Wildman–Crippen MR) is 122 cm³/mol. The number of nitrogens with one attached hydrogen (secondary N) is 1. The number of anilines is 1. The Morgan fingerprint density at radius 3 is 2.67 bits per heavy atom. The van der Waals surface area contributed by atoms with Gasteiger partial charge >= 0.3 is 0 Å². The average molecular weight is 486 g/mol. The summed E-state index contributed by atoms with van der Waals surface area (Å²) in [6, 6.07) is 12.1. The molecule has 1 N–H and O–H groups in total. The quantitative estimate of drug-likeness (QED) is 0.389. The first-order chi connectivity index (χ1) is 14.4. The molecule has 0 aliphatic rings. The van der Waals surface area contributed by atoms with Gasteiger partial charge in [0, 0.05) is 11.6 Å². The Labute approximate surface area is 193 Å². The SMILES string of the molecule is CCn1c(SCC(=O)Nc2cc(Cl)ccc2Cl)nnc1C(C)Oc1ccccc1Cl. The van der Waals surface area contributed by atoms with Gasteiger partial charge in [-0.2, -0.15) is 0 Å². The van der Waals surface area contributed by atoms with E-state index in [0.717, 1.165) is 0 Å². The number of rotatable bonds is 8. The minimum Gasteiger partial charge on any atom is -0.481 e. The summed E-state index contributed by atoms with van der Waals surface area (Å²) in [5.74, 6) is 1.14. The van der Waals surface area contributed by atoms with Gasteiger partial charge in [-0.1, -0.05) is 58.7 Å². The fourth-order valence-corrected chi connectivity index (χ4v) is 4.02. The van der Waals surface area contributed by atoms with Crippen molar-refractivity contribution in [2.45, 2.75) is 31.7 Å². The predicted octanol–water partition coefficient (Wildman–Crippen LogP) is 6.13. The molecule has 1 unspecified atom stereocenters. The number of amides is 1. The topological polar surface area (TPSA) is 69.0 Å². The van der Waals surface area contributed by atoms with Crippen molar-refractivity contribution in [3.05, 3.63) is 63.4 Å². The molecule has 1 heterocycles. The number of benzene rings is 2. The molecular formula is C20H19Cl3N4O2S. The van der Waals surface area contributed by atoms with Crippen LogP contribution in [0.5, 0.6) is 5.75 Å². The van der Waals surface area contributed by atoms with E-state index in [-0.39, 0.29) is 17.8 Å². The summed E-state index contributed by atoms with van der Waals surface area (Å²) in [5.41, 5.74) is 0.467. The molecule has 3 rings (SSSR count). The van der Waals surface area contributed by atoms with Gasteiger partial charge < -0.3 is 14.6 Å². The number of ether oxygens (including phenoxy) is 1. The van der Waals surface area contributed by atoms with Crippen LogP contribution in [0.4, 0.5) is 5.69 Å². The summed E-state index contributed by atoms with van der Waals surface area (Å²) in [5, 5.41) is 13.3. The van der Waals surface area contributed by atoms with E-state index in [1.807, 2.05) is 30.5 Å². The Morgan fingerprint density at radius 2 is 1.93 bits per heavy atom. The van der Waals surface area contributed by atoms with E-state index in [0.29, 0.717) is 44.0 Å². The molecule has 0 saturated carbocycles. The van der Waals surface area contributed by atoms with Gasteiger partial charge in [-0.15, -0.1) is 10.2 Å². The Bertz CT molecular complexity index is 1040. The first-order valence-corrected chi connectivity index (χ1v) is 11.2. The molecule has 0 spiro atoms. The molecule has 158 valence electrons. The van der Waals surface area contributed by atoms with Crippen LogP contribution in [-0.2, 0) is 11.3 Å².